The van der Waals surface area contributed by atoms with Crippen LogP contribution in [0.4, 0.5) is 11.4 Å². The Morgan fingerprint density at radius 3 is 2.15 bits per heavy atom. The van der Waals surface area contributed by atoms with E-state index in [1.54, 1.807) is 12.1 Å². The molecule has 1 aliphatic heterocycles. The van der Waals surface area contributed by atoms with Crippen molar-refractivity contribution < 1.29 is 9.59 Å². The fourth-order valence-corrected chi connectivity index (χ4v) is 4.76. The van der Waals surface area contributed by atoms with Gasteiger partial charge in [0.1, 0.15) is 10.6 Å². The molecule has 0 spiro atoms. The first-order valence-corrected chi connectivity index (χ1v) is 11.9. The number of carbonyl (C=O) groups is 2. The lowest BCUT2D eigenvalue weighted by Gasteiger charge is -2.18. The molecule has 4 nitrogen and oxygen atoms in total. The minimum atomic E-state index is -0.364. The van der Waals surface area contributed by atoms with Gasteiger partial charge in [-0.1, -0.05) is 67.0 Å². The van der Waals surface area contributed by atoms with E-state index in [1.807, 2.05) is 68.4 Å². The average Bonchev–Trinajstić information content (AvgIpc) is 3.00. The third-order valence-electron chi connectivity index (χ3n) is 5.51. The molecule has 1 N–H and O–H groups in total. The molecule has 33 heavy (non-hydrogen) atoms. The highest BCUT2D eigenvalue weighted by Crippen LogP contribution is 2.39. The predicted molar refractivity (Wildman–Crippen MR) is 137 cm³/mol. The van der Waals surface area contributed by atoms with Crippen molar-refractivity contribution >= 4 is 46.6 Å². The SMILES string of the molecule is Cc1ccc(N2C(=O)C(Nc3ccc(C(C)C)cc3)=C(Sc3ccc(Cl)cc3)C2=O)c(C)c1. The van der Waals surface area contributed by atoms with Gasteiger partial charge in [0.2, 0.25) is 0 Å². The third-order valence-corrected chi connectivity index (χ3v) is 6.86. The van der Waals surface area contributed by atoms with Crippen molar-refractivity contribution in [2.75, 3.05) is 10.2 Å². The van der Waals surface area contributed by atoms with E-state index in [0.29, 0.717) is 21.5 Å². The lowest BCUT2D eigenvalue weighted by molar-refractivity contribution is -0.120. The first-order chi connectivity index (χ1) is 15.7. The van der Waals surface area contributed by atoms with Gasteiger partial charge in [0.25, 0.3) is 11.8 Å². The Morgan fingerprint density at radius 2 is 1.55 bits per heavy atom. The van der Waals surface area contributed by atoms with E-state index in [4.69, 9.17) is 11.6 Å². The Morgan fingerprint density at radius 1 is 0.879 bits per heavy atom. The van der Waals surface area contributed by atoms with Gasteiger partial charge in [-0.05, 0) is 73.4 Å². The molecule has 0 radical (unpaired) electrons. The molecule has 1 aliphatic rings. The maximum atomic E-state index is 13.5. The molecule has 0 aromatic heterocycles. The van der Waals surface area contributed by atoms with Gasteiger partial charge >= 0.3 is 0 Å². The molecule has 0 unspecified atom stereocenters. The number of amides is 2. The molecule has 1 heterocycles. The molecule has 168 valence electrons. The van der Waals surface area contributed by atoms with Gasteiger partial charge in [-0.3, -0.25) is 9.59 Å². The Labute approximate surface area is 203 Å². The van der Waals surface area contributed by atoms with Crippen LogP contribution in [0.3, 0.4) is 0 Å². The third kappa shape index (κ3) is 4.85. The van der Waals surface area contributed by atoms with Gasteiger partial charge in [-0.15, -0.1) is 0 Å². The number of hydrogen-bond acceptors (Lipinski definition) is 4. The monoisotopic (exact) mass is 476 g/mol. The molecule has 3 aromatic carbocycles. The number of nitrogens with zero attached hydrogens (tertiary/aromatic N) is 1. The van der Waals surface area contributed by atoms with Gasteiger partial charge in [0.05, 0.1) is 5.69 Å². The Bertz CT molecular complexity index is 1250. The normalized spacial score (nSPS) is 13.9. The Hall–Kier alpha value is -3.02. The number of thioether (sulfide) groups is 1. The number of anilines is 2. The minimum Gasteiger partial charge on any atom is -0.350 e. The highest BCUT2D eigenvalue weighted by Gasteiger charge is 2.40. The van der Waals surface area contributed by atoms with Gasteiger partial charge < -0.3 is 5.32 Å². The van der Waals surface area contributed by atoms with Crippen molar-refractivity contribution in [3.63, 3.8) is 0 Å². The molecule has 0 fully saturated rings. The highest BCUT2D eigenvalue weighted by atomic mass is 35.5. The summed E-state index contributed by atoms with van der Waals surface area (Å²) in [5.74, 6) is -0.298. The first kappa shape index (κ1) is 23.1. The molecule has 0 bridgehead atoms. The van der Waals surface area contributed by atoms with E-state index < -0.39 is 0 Å². The number of hydrogen-bond donors (Lipinski definition) is 1. The van der Waals surface area contributed by atoms with Gasteiger partial charge in [0.15, 0.2) is 0 Å². The smallest absolute Gasteiger partial charge is 0.283 e. The van der Waals surface area contributed by atoms with Crippen LogP contribution < -0.4 is 10.2 Å². The average molecular weight is 477 g/mol. The lowest BCUT2D eigenvalue weighted by atomic mass is 10.0. The number of aryl methyl sites for hydroxylation is 2. The van der Waals surface area contributed by atoms with E-state index >= 15 is 0 Å². The fraction of sp³-hybridized carbons (Fsp3) is 0.185. The van der Waals surface area contributed by atoms with E-state index in [2.05, 4.69) is 19.2 Å². The second-order valence-corrected chi connectivity index (χ2v) is 9.92. The summed E-state index contributed by atoms with van der Waals surface area (Å²) in [5, 5.41) is 3.83. The molecule has 0 atom stereocenters. The lowest BCUT2D eigenvalue weighted by Crippen LogP contribution is -2.33. The molecule has 0 saturated heterocycles. The van der Waals surface area contributed by atoms with Crippen molar-refractivity contribution in [2.24, 2.45) is 0 Å². The van der Waals surface area contributed by atoms with Crippen molar-refractivity contribution in [2.45, 2.75) is 38.5 Å². The van der Waals surface area contributed by atoms with Crippen LogP contribution in [0.25, 0.3) is 0 Å². The number of benzene rings is 3. The zero-order valence-electron chi connectivity index (χ0n) is 19.0. The summed E-state index contributed by atoms with van der Waals surface area (Å²) in [4.78, 5) is 29.5. The zero-order chi connectivity index (χ0) is 23.7. The molecule has 3 aromatic rings. The second kappa shape index (κ2) is 9.46. The van der Waals surface area contributed by atoms with E-state index in [9.17, 15) is 9.59 Å². The van der Waals surface area contributed by atoms with Crippen molar-refractivity contribution in [3.8, 4) is 0 Å². The van der Waals surface area contributed by atoms with Gasteiger partial charge in [-0.2, -0.15) is 0 Å². The summed E-state index contributed by atoms with van der Waals surface area (Å²) in [6.45, 7) is 8.16. The van der Waals surface area contributed by atoms with Gasteiger partial charge in [0, 0.05) is 15.6 Å². The van der Waals surface area contributed by atoms with Crippen molar-refractivity contribution in [1.82, 2.24) is 0 Å². The molecule has 0 aliphatic carbocycles. The number of carbonyl (C=O) groups excluding carboxylic acids is 2. The number of rotatable bonds is 6. The summed E-state index contributed by atoms with van der Waals surface area (Å²) < 4.78 is 0. The van der Waals surface area contributed by atoms with Crippen LogP contribution in [0, 0.1) is 13.8 Å². The largest absolute Gasteiger partial charge is 0.350 e. The van der Waals surface area contributed by atoms with E-state index in [0.717, 1.165) is 21.7 Å². The second-order valence-electron chi connectivity index (χ2n) is 8.40. The maximum absolute atomic E-state index is 13.5. The molecule has 2 amide bonds. The minimum absolute atomic E-state index is 0.275. The fourth-order valence-electron chi connectivity index (χ4n) is 3.71. The summed E-state index contributed by atoms with van der Waals surface area (Å²) in [6.07, 6.45) is 0. The van der Waals surface area contributed by atoms with Crippen LogP contribution in [0.5, 0.6) is 0 Å². The molecule has 6 heteroatoms. The van der Waals surface area contributed by atoms with E-state index in [-0.39, 0.29) is 17.5 Å². The molecular weight excluding hydrogens is 452 g/mol. The quantitative estimate of drug-likeness (QED) is 0.386. The number of imide groups is 1. The predicted octanol–water partition coefficient (Wildman–Crippen LogP) is 7.07. The van der Waals surface area contributed by atoms with Crippen LogP contribution in [-0.2, 0) is 9.59 Å². The first-order valence-electron chi connectivity index (χ1n) is 10.8. The summed E-state index contributed by atoms with van der Waals surface area (Å²) in [6, 6.07) is 20.9. The molecular formula is C27H25ClN2O2S. The summed E-state index contributed by atoms with van der Waals surface area (Å²) >= 11 is 7.28. The molecule has 4 rings (SSSR count). The van der Waals surface area contributed by atoms with Gasteiger partial charge in [-0.25, -0.2) is 4.90 Å². The Balaban J connectivity index is 1.73. The van der Waals surface area contributed by atoms with Crippen LogP contribution in [0.1, 0.15) is 36.5 Å². The van der Waals surface area contributed by atoms with Crippen molar-refractivity contribution in [3.05, 3.63) is 99.0 Å². The van der Waals surface area contributed by atoms with Crippen LogP contribution in [0.2, 0.25) is 5.02 Å². The number of halogens is 1. The van der Waals surface area contributed by atoms with Crippen LogP contribution >= 0.6 is 23.4 Å². The number of nitrogens with one attached hydrogen (secondary N) is 1. The topological polar surface area (TPSA) is 49.4 Å². The summed E-state index contributed by atoms with van der Waals surface area (Å²) in [5.41, 5.74) is 4.77. The van der Waals surface area contributed by atoms with Crippen molar-refractivity contribution in [1.29, 1.82) is 0 Å². The highest BCUT2D eigenvalue weighted by molar-refractivity contribution is 8.04. The standard InChI is InChI=1S/C27H25ClN2O2S/c1-16(2)19-6-10-21(11-7-19)29-24-25(33-22-12-8-20(28)9-13-22)27(32)30(26(24)31)23-14-5-17(3)15-18(23)4/h5-16,29H,1-4H3. The summed E-state index contributed by atoms with van der Waals surface area (Å²) in [7, 11) is 0. The molecule has 0 saturated carbocycles. The maximum Gasteiger partial charge on any atom is 0.283 e. The Kier molecular flexibility index (Phi) is 6.63. The van der Waals surface area contributed by atoms with Crippen LogP contribution in [-0.4, -0.2) is 11.8 Å². The van der Waals surface area contributed by atoms with Crippen LogP contribution in [0.15, 0.2) is 82.2 Å². The van der Waals surface area contributed by atoms with E-state index in [1.165, 1.54) is 22.2 Å². The zero-order valence-corrected chi connectivity index (χ0v) is 20.6.